The number of nitrogens with zero attached hydrogens (tertiary/aromatic N) is 4. The van der Waals surface area contributed by atoms with E-state index in [4.69, 9.17) is 5.10 Å². The summed E-state index contributed by atoms with van der Waals surface area (Å²) in [5, 5.41) is 4.88. The molecule has 0 unspecified atom stereocenters. The first-order valence-corrected chi connectivity index (χ1v) is 8.82. The third-order valence-corrected chi connectivity index (χ3v) is 4.78. The van der Waals surface area contributed by atoms with Crippen LogP contribution < -0.4 is 0 Å². The first-order valence-electron chi connectivity index (χ1n) is 8.82. The van der Waals surface area contributed by atoms with E-state index in [0.29, 0.717) is 13.1 Å². The van der Waals surface area contributed by atoms with Gasteiger partial charge in [0, 0.05) is 18.0 Å². The number of fused-ring (bicyclic) bond motifs is 1. The highest BCUT2D eigenvalue weighted by atomic mass is 16.2. The maximum absolute atomic E-state index is 12.3. The van der Waals surface area contributed by atoms with Gasteiger partial charge in [0.2, 0.25) is 5.91 Å². The van der Waals surface area contributed by atoms with Crippen LogP contribution in [0.3, 0.4) is 0 Å². The minimum Gasteiger partial charge on any atom is -0.329 e. The van der Waals surface area contributed by atoms with Gasteiger partial charge in [-0.1, -0.05) is 23.8 Å². The molecule has 5 heteroatoms. The molecular weight excluding hydrogens is 324 g/mol. The molecule has 0 fully saturated rings. The molecule has 0 saturated heterocycles. The SMILES string of the molecule is CC=CC(=O)N1Cc2nn(-c3ccc(C)cc3C)c(-n3cccc3)c2C1. The Morgan fingerprint density at radius 3 is 2.62 bits per heavy atom. The Morgan fingerprint density at radius 1 is 1.15 bits per heavy atom. The van der Waals surface area contributed by atoms with Crippen molar-refractivity contribution in [3.63, 3.8) is 0 Å². The third-order valence-electron chi connectivity index (χ3n) is 4.78. The van der Waals surface area contributed by atoms with Gasteiger partial charge in [0.05, 0.1) is 24.5 Å². The number of aromatic nitrogens is 3. The minimum absolute atomic E-state index is 0.0297. The van der Waals surface area contributed by atoms with Gasteiger partial charge in [-0.25, -0.2) is 4.68 Å². The standard InChI is InChI=1S/C21H22N4O/c1-4-7-20(26)24-13-17-18(14-24)22-25(21(17)23-10-5-6-11-23)19-9-8-15(2)12-16(19)3/h4-12H,13-14H2,1-3H3. The molecule has 1 amide bonds. The van der Waals surface area contributed by atoms with Gasteiger partial charge in [0.15, 0.2) is 0 Å². The molecule has 3 heterocycles. The van der Waals surface area contributed by atoms with Crippen LogP contribution in [-0.4, -0.2) is 25.2 Å². The van der Waals surface area contributed by atoms with E-state index in [0.717, 1.165) is 22.8 Å². The fourth-order valence-corrected chi connectivity index (χ4v) is 3.56. The van der Waals surface area contributed by atoms with Gasteiger partial charge in [-0.15, -0.1) is 0 Å². The molecular formula is C21H22N4O. The molecule has 0 N–H and O–H groups in total. The van der Waals surface area contributed by atoms with Crippen molar-refractivity contribution in [1.29, 1.82) is 0 Å². The van der Waals surface area contributed by atoms with Crippen molar-refractivity contribution < 1.29 is 4.79 Å². The Labute approximate surface area is 153 Å². The van der Waals surface area contributed by atoms with E-state index < -0.39 is 0 Å². The highest BCUT2D eigenvalue weighted by Gasteiger charge is 2.30. The molecule has 26 heavy (non-hydrogen) atoms. The van der Waals surface area contributed by atoms with Crippen LogP contribution in [0.1, 0.15) is 29.3 Å². The lowest BCUT2D eigenvalue weighted by Gasteiger charge is -2.17. The molecule has 0 radical (unpaired) electrons. The van der Waals surface area contributed by atoms with Crippen molar-refractivity contribution in [3.05, 3.63) is 77.3 Å². The van der Waals surface area contributed by atoms with E-state index in [2.05, 4.69) is 36.6 Å². The predicted octanol–water partition coefficient (Wildman–Crippen LogP) is 3.70. The summed E-state index contributed by atoms with van der Waals surface area (Å²) in [5.41, 5.74) is 5.56. The van der Waals surface area contributed by atoms with Crippen LogP contribution in [-0.2, 0) is 17.9 Å². The Kier molecular flexibility index (Phi) is 3.99. The van der Waals surface area contributed by atoms with Crippen LogP contribution >= 0.6 is 0 Å². The maximum atomic E-state index is 12.3. The fraction of sp³-hybridized carbons (Fsp3) is 0.238. The summed E-state index contributed by atoms with van der Waals surface area (Å²) in [6.07, 6.45) is 7.43. The van der Waals surface area contributed by atoms with Gasteiger partial charge in [-0.2, -0.15) is 5.10 Å². The van der Waals surface area contributed by atoms with Crippen molar-refractivity contribution in [3.8, 4) is 11.5 Å². The van der Waals surface area contributed by atoms with Crippen LogP contribution in [0.15, 0.2) is 54.9 Å². The van der Waals surface area contributed by atoms with E-state index in [1.807, 2.05) is 41.0 Å². The summed E-state index contributed by atoms with van der Waals surface area (Å²) in [6, 6.07) is 10.4. The lowest BCUT2D eigenvalue weighted by molar-refractivity contribution is -0.126. The Morgan fingerprint density at radius 2 is 1.92 bits per heavy atom. The Balaban J connectivity index is 1.84. The quantitative estimate of drug-likeness (QED) is 0.679. The summed E-state index contributed by atoms with van der Waals surface area (Å²) >= 11 is 0. The number of benzene rings is 1. The molecule has 5 nitrogen and oxygen atoms in total. The lowest BCUT2D eigenvalue weighted by atomic mass is 10.1. The molecule has 1 aliphatic heterocycles. The summed E-state index contributed by atoms with van der Waals surface area (Å²) in [6.45, 7) is 7.19. The van der Waals surface area contributed by atoms with Gasteiger partial charge in [-0.05, 0) is 50.6 Å². The zero-order valence-electron chi connectivity index (χ0n) is 15.3. The number of allylic oxidation sites excluding steroid dienone is 1. The number of rotatable bonds is 3. The van der Waals surface area contributed by atoms with Gasteiger partial charge in [0.1, 0.15) is 5.82 Å². The van der Waals surface area contributed by atoms with Crippen molar-refractivity contribution in [2.45, 2.75) is 33.9 Å². The number of carbonyl (C=O) groups excluding carboxylic acids is 1. The van der Waals surface area contributed by atoms with Gasteiger partial charge >= 0.3 is 0 Å². The summed E-state index contributed by atoms with van der Waals surface area (Å²) in [7, 11) is 0. The number of carbonyl (C=O) groups is 1. The second-order valence-electron chi connectivity index (χ2n) is 6.74. The molecule has 2 aromatic heterocycles. The average Bonchev–Trinajstić information content (AvgIpc) is 3.30. The zero-order chi connectivity index (χ0) is 18.3. The summed E-state index contributed by atoms with van der Waals surface area (Å²) in [5.74, 6) is 1.04. The lowest BCUT2D eigenvalue weighted by Crippen LogP contribution is -2.24. The van der Waals surface area contributed by atoms with E-state index in [-0.39, 0.29) is 5.91 Å². The molecule has 3 aromatic rings. The highest BCUT2D eigenvalue weighted by molar-refractivity contribution is 5.88. The molecule has 0 saturated carbocycles. The minimum atomic E-state index is 0.0297. The van der Waals surface area contributed by atoms with E-state index >= 15 is 0 Å². The molecule has 0 atom stereocenters. The molecule has 1 aromatic carbocycles. The smallest absolute Gasteiger partial charge is 0.246 e. The molecule has 132 valence electrons. The molecule has 0 spiro atoms. The van der Waals surface area contributed by atoms with E-state index in [9.17, 15) is 4.79 Å². The third kappa shape index (κ3) is 2.65. The van der Waals surface area contributed by atoms with Crippen molar-refractivity contribution in [2.24, 2.45) is 0 Å². The number of aryl methyl sites for hydroxylation is 2. The summed E-state index contributed by atoms with van der Waals surface area (Å²) < 4.78 is 4.09. The predicted molar refractivity (Wildman–Crippen MR) is 101 cm³/mol. The van der Waals surface area contributed by atoms with Crippen LogP contribution in [0.4, 0.5) is 0 Å². The number of hydrogen-bond acceptors (Lipinski definition) is 2. The Bertz CT molecular complexity index is 995. The van der Waals surface area contributed by atoms with E-state index in [1.165, 1.54) is 11.1 Å². The zero-order valence-corrected chi connectivity index (χ0v) is 15.3. The first-order chi connectivity index (χ1) is 12.6. The van der Waals surface area contributed by atoms with Crippen molar-refractivity contribution >= 4 is 5.91 Å². The molecule has 0 bridgehead atoms. The summed E-state index contributed by atoms with van der Waals surface area (Å²) in [4.78, 5) is 14.1. The first kappa shape index (κ1) is 16.4. The van der Waals surface area contributed by atoms with Gasteiger partial charge in [0.25, 0.3) is 0 Å². The van der Waals surface area contributed by atoms with Gasteiger partial charge in [-0.3, -0.25) is 4.79 Å². The second kappa shape index (κ2) is 6.33. The van der Waals surface area contributed by atoms with Gasteiger partial charge < -0.3 is 9.47 Å². The van der Waals surface area contributed by atoms with Crippen LogP contribution in [0.5, 0.6) is 0 Å². The number of amides is 1. The van der Waals surface area contributed by atoms with Crippen LogP contribution in [0.25, 0.3) is 11.5 Å². The van der Waals surface area contributed by atoms with Crippen molar-refractivity contribution in [1.82, 2.24) is 19.2 Å². The molecule has 0 aliphatic carbocycles. The Hall–Kier alpha value is -3.08. The fourth-order valence-electron chi connectivity index (χ4n) is 3.56. The average molecular weight is 346 g/mol. The number of hydrogen-bond donors (Lipinski definition) is 0. The second-order valence-corrected chi connectivity index (χ2v) is 6.74. The van der Waals surface area contributed by atoms with Crippen molar-refractivity contribution in [2.75, 3.05) is 0 Å². The topological polar surface area (TPSA) is 43.1 Å². The highest BCUT2D eigenvalue weighted by Crippen LogP contribution is 2.31. The monoisotopic (exact) mass is 346 g/mol. The van der Waals surface area contributed by atoms with Crippen LogP contribution in [0, 0.1) is 13.8 Å². The molecule has 1 aliphatic rings. The largest absolute Gasteiger partial charge is 0.329 e. The normalized spacial score (nSPS) is 13.6. The molecule has 4 rings (SSSR count). The van der Waals surface area contributed by atoms with Crippen LogP contribution in [0.2, 0.25) is 0 Å². The maximum Gasteiger partial charge on any atom is 0.246 e. The van der Waals surface area contributed by atoms with E-state index in [1.54, 1.807) is 12.2 Å².